The van der Waals surface area contributed by atoms with Gasteiger partial charge in [0.15, 0.2) is 0 Å². The molecule has 1 heterocycles. The van der Waals surface area contributed by atoms with Crippen molar-refractivity contribution in [3.63, 3.8) is 0 Å². The molecule has 0 saturated heterocycles. The summed E-state index contributed by atoms with van der Waals surface area (Å²) in [5.74, 6) is 0.903. The zero-order chi connectivity index (χ0) is 13.5. The van der Waals surface area contributed by atoms with Gasteiger partial charge in [0.1, 0.15) is 0 Å². The van der Waals surface area contributed by atoms with Crippen LogP contribution in [0.1, 0.15) is 49.5 Å². The number of nitrogens with one attached hydrogen (secondary N) is 1. The SMILES string of the molecule is CCC1CCCC(OCCNCc2sccc2C)C1. The molecule has 0 bridgehead atoms. The van der Waals surface area contributed by atoms with Crippen LogP contribution in [-0.4, -0.2) is 19.3 Å². The fourth-order valence-corrected chi connectivity index (χ4v) is 3.72. The highest BCUT2D eigenvalue weighted by Crippen LogP contribution is 2.28. The molecule has 0 aromatic carbocycles. The lowest BCUT2D eigenvalue weighted by Gasteiger charge is -2.28. The molecule has 1 saturated carbocycles. The van der Waals surface area contributed by atoms with Crippen molar-refractivity contribution < 1.29 is 4.74 Å². The summed E-state index contributed by atoms with van der Waals surface area (Å²) < 4.78 is 6.01. The second kappa shape index (κ2) is 8.03. The van der Waals surface area contributed by atoms with Crippen LogP contribution in [-0.2, 0) is 11.3 Å². The van der Waals surface area contributed by atoms with Crippen LogP contribution in [0.2, 0.25) is 0 Å². The second-order valence-corrected chi connectivity index (χ2v) is 6.64. The lowest BCUT2D eigenvalue weighted by molar-refractivity contribution is 0.0142. The van der Waals surface area contributed by atoms with Gasteiger partial charge >= 0.3 is 0 Å². The largest absolute Gasteiger partial charge is 0.377 e. The van der Waals surface area contributed by atoms with Crippen molar-refractivity contribution in [2.75, 3.05) is 13.2 Å². The predicted molar refractivity (Wildman–Crippen MR) is 82.8 cm³/mol. The Morgan fingerprint density at radius 2 is 2.32 bits per heavy atom. The van der Waals surface area contributed by atoms with E-state index in [0.717, 1.165) is 25.6 Å². The molecule has 1 aromatic heterocycles. The van der Waals surface area contributed by atoms with Gasteiger partial charge in [-0.25, -0.2) is 0 Å². The van der Waals surface area contributed by atoms with E-state index >= 15 is 0 Å². The molecule has 1 aliphatic rings. The Morgan fingerprint density at radius 3 is 3.05 bits per heavy atom. The Balaban J connectivity index is 1.55. The first-order valence-electron chi connectivity index (χ1n) is 7.65. The van der Waals surface area contributed by atoms with E-state index in [0.29, 0.717) is 6.10 Å². The summed E-state index contributed by atoms with van der Waals surface area (Å²) in [6, 6.07) is 2.19. The number of thiophene rings is 1. The molecule has 2 rings (SSSR count). The van der Waals surface area contributed by atoms with Crippen LogP contribution in [0.25, 0.3) is 0 Å². The number of hydrogen-bond acceptors (Lipinski definition) is 3. The van der Waals surface area contributed by atoms with Gasteiger partial charge in [-0.15, -0.1) is 11.3 Å². The third-order valence-electron chi connectivity index (χ3n) is 4.20. The maximum absolute atomic E-state index is 6.01. The third-order valence-corrected chi connectivity index (χ3v) is 5.22. The van der Waals surface area contributed by atoms with Crippen LogP contribution in [0.3, 0.4) is 0 Å². The molecule has 2 unspecified atom stereocenters. The van der Waals surface area contributed by atoms with E-state index in [1.807, 2.05) is 11.3 Å². The standard InChI is InChI=1S/C16H27NOS/c1-3-14-5-4-6-15(11-14)18-9-8-17-12-16-13(2)7-10-19-16/h7,10,14-15,17H,3-6,8-9,11-12H2,1-2H3. The van der Waals surface area contributed by atoms with Gasteiger partial charge in [-0.1, -0.05) is 26.2 Å². The molecular formula is C16H27NOS. The van der Waals surface area contributed by atoms with Gasteiger partial charge in [0.2, 0.25) is 0 Å². The minimum absolute atomic E-state index is 0.518. The molecular weight excluding hydrogens is 254 g/mol. The monoisotopic (exact) mass is 281 g/mol. The number of aryl methyl sites for hydroxylation is 1. The number of rotatable bonds is 7. The first-order chi connectivity index (χ1) is 9.29. The molecule has 0 radical (unpaired) electrons. The summed E-state index contributed by atoms with van der Waals surface area (Å²) in [6.45, 7) is 7.28. The first kappa shape index (κ1) is 15.0. The van der Waals surface area contributed by atoms with E-state index in [1.165, 1.54) is 42.5 Å². The summed E-state index contributed by atoms with van der Waals surface area (Å²) in [5, 5.41) is 5.64. The molecule has 1 aromatic rings. The van der Waals surface area contributed by atoms with E-state index in [4.69, 9.17) is 4.74 Å². The van der Waals surface area contributed by atoms with Crippen molar-refractivity contribution in [2.24, 2.45) is 5.92 Å². The molecule has 0 spiro atoms. The normalized spacial score (nSPS) is 23.7. The highest BCUT2D eigenvalue weighted by Gasteiger charge is 2.20. The van der Waals surface area contributed by atoms with Gasteiger partial charge < -0.3 is 10.1 Å². The molecule has 2 atom stereocenters. The van der Waals surface area contributed by atoms with Gasteiger partial charge in [-0.2, -0.15) is 0 Å². The Hall–Kier alpha value is -0.380. The Morgan fingerprint density at radius 1 is 1.42 bits per heavy atom. The minimum atomic E-state index is 0.518. The number of ether oxygens (including phenoxy) is 1. The lowest BCUT2D eigenvalue weighted by atomic mass is 9.85. The van der Waals surface area contributed by atoms with E-state index in [1.54, 1.807) is 0 Å². The smallest absolute Gasteiger partial charge is 0.0594 e. The zero-order valence-electron chi connectivity index (χ0n) is 12.3. The molecule has 1 fully saturated rings. The summed E-state index contributed by atoms with van der Waals surface area (Å²) in [7, 11) is 0. The molecule has 108 valence electrons. The Kier molecular flexibility index (Phi) is 6.35. The molecule has 19 heavy (non-hydrogen) atoms. The van der Waals surface area contributed by atoms with Crippen molar-refractivity contribution in [1.29, 1.82) is 0 Å². The van der Waals surface area contributed by atoms with E-state index in [9.17, 15) is 0 Å². The fourth-order valence-electron chi connectivity index (χ4n) is 2.85. The van der Waals surface area contributed by atoms with E-state index in [-0.39, 0.29) is 0 Å². The average Bonchev–Trinajstić information content (AvgIpc) is 2.84. The van der Waals surface area contributed by atoms with Gasteiger partial charge in [0, 0.05) is 18.0 Å². The van der Waals surface area contributed by atoms with E-state index in [2.05, 4.69) is 30.6 Å². The van der Waals surface area contributed by atoms with Gasteiger partial charge in [-0.05, 0) is 42.7 Å². The van der Waals surface area contributed by atoms with Crippen molar-refractivity contribution >= 4 is 11.3 Å². The van der Waals surface area contributed by atoms with Crippen molar-refractivity contribution in [1.82, 2.24) is 5.32 Å². The summed E-state index contributed by atoms with van der Waals surface area (Å²) in [4.78, 5) is 1.45. The fraction of sp³-hybridized carbons (Fsp3) is 0.750. The van der Waals surface area contributed by atoms with Crippen LogP contribution in [0.15, 0.2) is 11.4 Å². The first-order valence-corrected chi connectivity index (χ1v) is 8.52. The number of hydrogen-bond donors (Lipinski definition) is 1. The highest BCUT2D eigenvalue weighted by atomic mass is 32.1. The molecule has 3 heteroatoms. The summed E-state index contributed by atoms with van der Waals surface area (Å²) in [5.41, 5.74) is 1.40. The van der Waals surface area contributed by atoms with Gasteiger partial charge in [0.05, 0.1) is 12.7 Å². The maximum atomic E-state index is 6.01. The van der Waals surface area contributed by atoms with Crippen molar-refractivity contribution in [2.45, 2.75) is 58.6 Å². The second-order valence-electron chi connectivity index (χ2n) is 5.64. The molecule has 0 amide bonds. The highest BCUT2D eigenvalue weighted by molar-refractivity contribution is 7.10. The Bertz CT molecular complexity index is 363. The van der Waals surface area contributed by atoms with Crippen LogP contribution < -0.4 is 5.32 Å². The third kappa shape index (κ3) is 4.90. The molecule has 1 N–H and O–H groups in total. The van der Waals surface area contributed by atoms with Gasteiger partial charge in [-0.3, -0.25) is 0 Å². The average molecular weight is 281 g/mol. The quantitative estimate of drug-likeness (QED) is 0.759. The maximum Gasteiger partial charge on any atom is 0.0594 e. The molecule has 2 nitrogen and oxygen atoms in total. The Labute approximate surface area is 121 Å². The molecule has 1 aliphatic carbocycles. The van der Waals surface area contributed by atoms with E-state index < -0.39 is 0 Å². The predicted octanol–water partition coefficient (Wildman–Crippen LogP) is 4.13. The van der Waals surface area contributed by atoms with Crippen molar-refractivity contribution in [3.05, 3.63) is 21.9 Å². The minimum Gasteiger partial charge on any atom is -0.377 e. The van der Waals surface area contributed by atoms with Crippen LogP contribution >= 0.6 is 11.3 Å². The van der Waals surface area contributed by atoms with Crippen LogP contribution in [0.4, 0.5) is 0 Å². The van der Waals surface area contributed by atoms with Gasteiger partial charge in [0.25, 0.3) is 0 Å². The van der Waals surface area contributed by atoms with Crippen molar-refractivity contribution in [3.8, 4) is 0 Å². The molecule has 0 aliphatic heterocycles. The summed E-state index contributed by atoms with van der Waals surface area (Å²) in [6.07, 6.45) is 7.14. The van der Waals surface area contributed by atoms with Crippen LogP contribution in [0.5, 0.6) is 0 Å². The zero-order valence-corrected chi connectivity index (χ0v) is 13.1. The van der Waals surface area contributed by atoms with Crippen LogP contribution in [0, 0.1) is 12.8 Å². The summed E-state index contributed by atoms with van der Waals surface area (Å²) >= 11 is 1.84. The topological polar surface area (TPSA) is 21.3 Å². The lowest BCUT2D eigenvalue weighted by Crippen LogP contribution is -2.26.